The summed E-state index contributed by atoms with van der Waals surface area (Å²) in [7, 11) is 7.21. The monoisotopic (exact) mass is 330 g/mol. The van der Waals surface area contributed by atoms with Crippen LogP contribution in [0.15, 0.2) is 23.3 Å². The molecule has 1 N–H and O–H groups in total. The minimum atomic E-state index is -0.0621. The Morgan fingerprint density at radius 1 is 1.21 bits per heavy atom. The first kappa shape index (κ1) is 16.3. The van der Waals surface area contributed by atoms with Crippen molar-refractivity contribution in [2.24, 2.45) is 0 Å². The van der Waals surface area contributed by atoms with Crippen molar-refractivity contribution in [2.75, 3.05) is 34.9 Å². The van der Waals surface area contributed by atoms with Gasteiger partial charge in [-0.05, 0) is 33.1 Å². The Kier molecular flexibility index (Phi) is 4.44. The van der Waals surface area contributed by atoms with E-state index in [1.807, 2.05) is 26.2 Å². The highest BCUT2D eigenvalue weighted by Gasteiger charge is 2.14. The van der Waals surface area contributed by atoms with Gasteiger partial charge in [0, 0.05) is 18.0 Å². The predicted octanol–water partition coefficient (Wildman–Crippen LogP) is 1.85. The van der Waals surface area contributed by atoms with E-state index in [9.17, 15) is 4.79 Å². The fourth-order valence-corrected chi connectivity index (χ4v) is 2.84. The largest absolute Gasteiger partial charge is 0.493 e. The maximum Gasteiger partial charge on any atom is 0.277 e. The number of H-pyrrole nitrogens is 1. The summed E-state index contributed by atoms with van der Waals surface area (Å²) in [6.45, 7) is 1.56. The minimum Gasteiger partial charge on any atom is -0.493 e. The van der Waals surface area contributed by atoms with Crippen LogP contribution in [0.1, 0.15) is 6.42 Å². The first-order valence-corrected chi connectivity index (χ1v) is 7.82. The van der Waals surface area contributed by atoms with Crippen LogP contribution < -0.4 is 15.0 Å². The van der Waals surface area contributed by atoms with Gasteiger partial charge in [-0.2, -0.15) is 0 Å². The number of aromatic amines is 1. The van der Waals surface area contributed by atoms with Gasteiger partial charge in [-0.15, -0.1) is 0 Å². The van der Waals surface area contributed by atoms with Crippen LogP contribution >= 0.6 is 0 Å². The lowest BCUT2D eigenvalue weighted by atomic mass is 10.2. The molecule has 0 spiro atoms. The highest BCUT2D eigenvalue weighted by molar-refractivity contribution is 6.05. The third-order valence-corrected chi connectivity index (χ3v) is 4.08. The van der Waals surface area contributed by atoms with Gasteiger partial charge in [0.05, 0.1) is 26.1 Å². The van der Waals surface area contributed by atoms with Crippen LogP contribution in [-0.2, 0) is 6.54 Å². The van der Waals surface area contributed by atoms with E-state index in [2.05, 4.69) is 14.9 Å². The van der Waals surface area contributed by atoms with E-state index in [1.54, 1.807) is 25.1 Å². The first-order valence-electron chi connectivity index (χ1n) is 7.82. The molecule has 2 heterocycles. The van der Waals surface area contributed by atoms with Gasteiger partial charge in [0.2, 0.25) is 0 Å². The number of benzene rings is 1. The Balaban J connectivity index is 2.08. The molecule has 0 saturated heterocycles. The van der Waals surface area contributed by atoms with Gasteiger partial charge in [-0.3, -0.25) is 9.36 Å². The van der Waals surface area contributed by atoms with Crippen LogP contribution in [0.3, 0.4) is 0 Å². The number of hydrogen-bond donors (Lipinski definition) is 1. The third kappa shape index (κ3) is 2.82. The summed E-state index contributed by atoms with van der Waals surface area (Å²) in [5, 5.41) is 0.847. The zero-order valence-electron chi connectivity index (χ0n) is 14.4. The lowest BCUT2D eigenvalue weighted by molar-refractivity contribution is 0.356. The van der Waals surface area contributed by atoms with Crippen molar-refractivity contribution in [3.63, 3.8) is 0 Å². The number of methoxy groups -OCH3 is 2. The van der Waals surface area contributed by atoms with Crippen LogP contribution in [0, 0.1) is 0 Å². The van der Waals surface area contributed by atoms with E-state index in [0.717, 1.165) is 23.9 Å². The van der Waals surface area contributed by atoms with Crippen LogP contribution in [0.25, 0.3) is 21.9 Å². The molecule has 3 aromatic rings. The van der Waals surface area contributed by atoms with E-state index < -0.39 is 0 Å². The van der Waals surface area contributed by atoms with Crippen LogP contribution in [0.4, 0.5) is 0 Å². The van der Waals surface area contributed by atoms with Crippen molar-refractivity contribution >= 4 is 21.9 Å². The summed E-state index contributed by atoms with van der Waals surface area (Å²) in [5.41, 5.74) is 1.90. The number of ether oxygens (including phenoxy) is 2. The predicted molar refractivity (Wildman–Crippen MR) is 94.1 cm³/mol. The van der Waals surface area contributed by atoms with Gasteiger partial charge in [0.15, 0.2) is 11.5 Å². The second kappa shape index (κ2) is 6.52. The average molecular weight is 330 g/mol. The fourth-order valence-electron chi connectivity index (χ4n) is 2.84. The Morgan fingerprint density at radius 2 is 1.92 bits per heavy atom. The van der Waals surface area contributed by atoms with Crippen molar-refractivity contribution in [2.45, 2.75) is 13.0 Å². The number of aryl methyl sites for hydroxylation is 1. The highest BCUT2D eigenvalue weighted by atomic mass is 16.5. The Labute approximate surface area is 139 Å². The van der Waals surface area contributed by atoms with E-state index in [4.69, 9.17) is 9.47 Å². The number of nitrogens with zero attached hydrogens (tertiary/aromatic N) is 3. The summed E-state index contributed by atoms with van der Waals surface area (Å²) < 4.78 is 12.3. The molecule has 24 heavy (non-hydrogen) atoms. The van der Waals surface area contributed by atoms with Gasteiger partial charge >= 0.3 is 0 Å². The van der Waals surface area contributed by atoms with Gasteiger partial charge in [0.1, 0.15) is 11.0 Å². The van der Waals surface area contributed by atoms with E-state index >= 15 is 0 Å². The number of hydrogen-bond acceptors (Lipinski definition) is 5. The molecule has 7 nitrogen and oxygen atoms in total. The number of nitrogens with one attached hydrogen (secondary N) is 1. The molecule has 0 aliphatic carbocycles. The molecule has 7 heteroatoms. The second-order valence-electron chi connectivity index (χ2n) is 6.00. The summed E-state index contributed by atoms with van der Waals surface area (Å²) in [5.74, 6) is 1.23. The topological polar surface area (TPSA) is 72.4 Å². The lowest BCUT2D eigenvalue weighted by Crippen LogP contribution is -2.23. The molecular formula is C17H22N4O3. The van der Waals surface area contributed by atoms with Crippen molar-refractivity contribution in [3.05, 3.63) is 28.8 Å². The Hall–Kier alpha value is -2.54. The normalized spacial score (nSPS) is 11.5. The van der Waals surface area contributed by atoms with Crippen LogP contribution in [0.2, 0.25) is 0 Å². The van der Waals surface area contributed by atoms with Crippen molar-refractivity contribution in [3.8, 4) is 11.5 Å². The van der Waals surface area contributed by atoms with Crippen molar-refractivity contribution in [1.82, 2.24) is 19.4 Å². The third-order valence-electron chi connectivity index (χ3n) is 4.08. The molecule has 1 aromatic carbocycles. The Morgan fingerprint density at radius 3 is 2.58 bits per heavy atom. The molecular weight excluding hydrogens is 308 g/mol. The lowest BCUT2D eigenvalue weighted by Gasteiger charge is -2.10. The summed E-state index contributed by atoms with van der Waals surface area (Å²) >= 11 is 0. The second-order valence-corrected chi connectivity index (χ2v) is 6.00. The SMILES string of the molecule is COc1cc2[nH]c3c(=O)n(CCCN(C)C)cnc3c2cc1OC. The summed E-state index contributed by atoms with van der Waals surface area (Å²) in [6.07, 6.45) is 2.51. The fraction of sp³-hybridized carbons (Fsp3) is 0.412. The zero-order chi connectivity index (χ0) is 17.3. The molecule has 0 fully saturated rings. The Bertz CT molecular complexity index is 927. The number of aromatic nitrogens is 3. The molecule has 0 unspecified atom stereocenters. The van der Waals surface area contributed by atoms with Crippen LogP contribution in [-0.4, -0.2) is 54.3 Å². The van der Waals surface area contributed by atoms with Gasteiger partial charge < -0.3 is 19.4 Å². The van der Waals surface area contributed by atoms with Crippen molar-refractivity contribution < 1.29 is 9.47 Å². The molecule has 0 bridgehead atoms. The summed E-state index contributed by atoms with van der Waals surface area (Å²) in [4.78, 5) is 22.4. The standard InChI is InChI=1S/C17H22N4O3/c1-20(2)6-5-7-21-10-18-15-11-8-13(23-3)14(24-4)9-12(11)19-16(15)17(21)22/h8-10,19H,5-7H2,1-4H3. The first-order chi connectivity index (χ1) is 11.5. The molecule has 0 amide bonds. The molecule has 0 radical (unpaired) electrons. The average Bonchev–Trinajstić information content (AvgIpc) is 2.93. The molecule has 0 saturated carbocycles. The van der Waals surface area contributed by atoms with Gasteiger partial charge in [0.25, 0.3) is 5.56 Å². The van der Waals surface area contributed by atoms with Gasteiger partial charge in [-0.25, -0.2) is 4.98 Å². The maximum absolute atomic E-state index is 12.7. The highest BCUT2D eigenvalue weighted by Crippen LogP contribution is 2.34. The van der Waals surface area contributed by atoms with Gasteiger partial charge in [-0.1, -0.05) is 0 Å². The zero-order valence-corrected chi connectivity index (χ0v) is 14.4. The number of rotatable bonds is 6. The molecule has 3 rings (SSSR count). The molecule has 128 valence electrons. The number of fused-ring (bicyclic) bond motifs is 3. The minimum absolute atomic E-state index is 0.0621. The van der Waals surface area contributed by atoms with E-state index in [0.29, 0.717) is 29.1 Å². The van der Waals surface area contributed by atoms with E-state index in [-0.39, 0.29) is 5.56 Å². The molecule has 0 atom stereocenters. The van der Waals surface area contributed by atoms with Crippen molar-refractivity contribution in [1.29, 1.82) is 0 Å². The summed E-state index contributed by atoms with van der Waals surface area (Å²) in [6, 6.07) is 3.67. The molecule has 2 aromatic heterocycles. The smallest absolute Gasteiger partial charge is 0.277 e. The molecule has 0 aliphatic rings. The van der Waals surface area contributed by atoms with E-state index in [1.165, 1.54) is 0 Å². The molecule has 0 aliphatic heterocycles. The maximum atomic E-state index is 12.7. The van der Waals surface area contributed by atoms with Crippen LogP contribution in [0.5, 0.6) is 11.5 Å². The quantitative estimate of drug-likeness (QED) is 0.747.